The van der Waals surface area contributed by atoms with Crippen molar-refractivity contribution < 1.29 is 9.59 Å². The Morgan fingerprint density at radius 1 is 1.06 bits per heavy atom. The molecular weight excluding hydrogens is 476 g/mol. The number of nitrogens with zero attached hydrogens (tertiary/aromatic N) is 3. The first-order valence-electron chi connectivity index (χ1n) is 10.2. The molecule has 2 aromatic carbocycles. The standard InChI is InChI=1S/C23H23BrN4O2S/c24-18-6-8-20(9-7-18)28-15-12-25-23(28)31-16-21(29)27-13-10-17(11-14-27)22(30)26-19-4-2-1-3-5-19/h1-9,12,15,17H,10-11,13-14,16H2,(H,26,30). The van der Waals surface area contributed by atoms with E-state index >= 15 is 0 Å². The van der Waals surface area contributed by atoms with E-state index in [1.807, 2.05) is 70.3 Å². The Balaban J connectivity index is 1.27. The van der Waals surface area contributed by atoms with Crippen molar-refractivity contribution in [3.63, 3.8) is 0 Å². The van der Waals surface area contributed by atoms with Gasteiger partial charge in [0.05, 0.1) is 5.75 Å². The van der Waals surface area contributed by atoms with Gasteiger partial charge in [0, 0.05) is 47.2 Å². The lowest BCUT2D eigenvalue weighted by molar-refractivity contribution is -0.132. The summed E-state index contributed by atoms with van der Waals surface area (Å²) in [7, 11) is 0. The SMILES string of the molecule is O=C(Nc1ccccc1)C1CCN(C(=O)CSc2nccn2-c2ccc(Br)cc2)CC1. The van der Waals surface area contributed by atoms with Crippen LogP contribution in [0.5, 0.6) is 0 Å². The van der Waals surface area contributed by atoms with Crippen molar-refractivity contribution >= 4 is 45.2 Å². The third-order valence-electron chi connectivity index (χ3n) is 5.30. The summed E-state index contributed by atoms with van der Waals surface area (Å²) in [6, 6.07) is 17.4. The molecule has 2 amide bonds. The molecule has 0 aliphatic carbocycles. The number of amides is 2. The van der Waals surface area contributed by atoms with Gasteiger partial charge in [-0.3, -0.25) is 14.2 Å². The number of aromatic nitrogens is 2. The summed E-state index contributed by atoms with van der Waals surface area (Å²) in [5.74, 6) is 0.378. The van der Waals surface area contributed by atoms with Crippen LogP contribution < -0.4 is 5.32 Å². The van der Waals surface area contributed by atoms with Crippen LogP contribution in [0.3, 0.4) is 0 Å². The van der Waals surface area contributed by atoms with Crippen LogP contribution in [-0.2, 0) is 9.59 Å². The quantitative estimate of drug-likeness (QED) is 0.504. The number of halogens is 1. The van der Waals surface area contributed by atoms with Crippen molar-refractivity contribution in [2.24, 2.45) is 5.92 Å². The van der Waals surface area contributed by atoms with Gasteiger partial charge in [0.1, 0.15) is 0 Å². The van der Waals surface area contributed by atoms with Crippen molar-refractivity contribution in [2.75, 3.05) is 24.2 Å². The topological polar surface area (TPSA) is 67.2 Å². The van der Waals surface area contributed by atoms with E-state index in [9.17, 15) is 9.59 Å². The number of rotatable bonds is 6. The van der Waals surface area contributed by atoms with Gasteiger partial charge in [-0.25, -0.2) is 4.98 Å². The number of hydrogen-bond donors (Lipinski definition) is 1. The van der Waals surface area contributed by atoms with Crippen molar-refractivity contribution in [2.45, 2.75) is 18.0 Å². The van der Waals surface area contributed by atoms with E-state index in [-0.39, 0.29) is 17.7 Å². The van der Waals surface area contributed by atoms with E-state index in [4.69, 9.17) is 0 Å². The summed E-state index contributed by atoms with van der Waals surface area (Å²) in [5, 5.41) is 3.75. The van der Waals surface area contributed by atoms with Gasteiger partial charge in [0.15, 0.2) is 5.16 Å². The third kappa shape index (κ3) is 5.57. The number of thioether (sulfide) groups is 1. The summed E-state index contributed by atoms with van der Waals surface area (Å²) in [5.41, 5.74) is 1.81. The number of piperidine rings is 1. The van der Waals surface area contributed by atoms with Gasteiger partial charge < -0.3 is 10.2 Å². The van der Waals surface area contributed by atoms with Crippen LogP contribution >= 0.6 is 27.7 Å². The molecule has 1 aliphatic heterocycles. The molecule has 2 heterocycles. The van der Waals surface area contributed by atoms with Crippen LogP contribution in [0.15, 0.2) is 76.6 Å². The van der Waals surface area contributed by atoms with Crippen molar-refractivity contribution in [3.05, 3.63) is 71.5 Å². The Bertz CT molecular complexity index is 1030. The summed E-state index contributed by atoms with van der Waals surface area (Å²) < 4.78 is 2.99. The average Bonchev–Trinajstić information content (AvgIpc) is 3.27. The summed E-state index contributed by atoms with van der Waals surface area (Å²) in [6.45, 7) is 1.21. The minimum Gasteiger partial charge on any atom is -0.342 e. The van der Waals surface area contributed by atoms with Crippen LogP contribution in [-0.4, -0.2) is 45.1 Å². The first-order chi connectivity index (χ1) is 15.1. The van der Waals surface area contributed by atoms with Gasteiger partial charge in [-0.05, 0) is 49.2 Å². The Labute approximate surface area is 194 Å². The highest BCUT2D eigenvalue weighted by Crippen LogP contribution is 2.24. The molecule has 0 spiro atoms. The summed E-state index contributed by atoms with van der Waals surface area (Å²) in [4.78, 5) is 31.5. The fourth-order valence-corrected chi connectivity index (χ4v) is 4.71. The second-order valence-corrected chi connectivity index (χ2v) is 9.21. The molecule has 1 N–H and O–H groups in total. The number of likely N-dealkylation sites (tertiary alicyclic amines) is 1. The maximum absolute atomic E-state index is 12.7. The number of imidazole rings is 1. The highest BCUT2D eigenvalue weighted by molar-refractivity contribution is 9.10. The predicted octanol–water partition coefficient (Wildman–Crippen LogP) is 4.60. The lowest BCUT2D eigenvalue weighted by atomic mass is 9.96. The maximum atomic E-state index is 12.7. The van der Waals surface area contributed by atoms with Crippen molar-refractivity contribution in [3.8, 4) is 5.69 Å². The van der Waals surface area contributed by atoms with E-state index in [0.717, 1.165) is 21.0 Å². The number of anilines is 1. The van der Waals surface area contributed by atoms with E-state index < -0.39 is 0 Å². The Kier molecular flexibility index (Phi) is 7.09. The van der Waals surface area contributed by atoms with Crippen LogP contribution in [0.1, 0.15) is 12.8 Å². The van der Waals surface area contributed by atoms with Gasteiger partial charge >= 0.3 is 0 Å². The highest BCUT2D eigenvalue weighted by atomic mass is 79.9. The Morgan fingerprint density at radius 3 is 2.48 bits per heavy atom. The average molecular weight is 499 g/mol. The zero-order chi connectivity index (χ0) is 21.6. The third-order valence-corrected chi connectivity index (χ3v) is 6.78. The fraction of sp³-hybridized carbons (Fsp3) is 0.261. The van der Waals surface area contributed by atoms with E-state index in [2.05, 4.69) is 26.2 Å². The molecule has 1 fully saturated rings. The minimum atomic E-state index is -0.0618. The molecule has 0 atom stereocenters. The van der Waals surface area contributed by atoms with Gasteiger partial charge in [-0.1, -0.05) is 45.9 Å². The number of nitrogens with one attached hydrogen (secondary N) is 1. The molecule has 0 saturated carbocycles. The molecule has 0 bridgehead atoms. The largest absolute Gasteiger partial charge is 0.342 e. The molecular formula is C23H23BrN4O2S. The predicted molar refractivity (Wildman–Crippen MR) is 126 cm³/mol. The summed E-state index contributed by atoms with van der Waals surface area (Å²) in [6.07, 6.45) is 5.00. The molecule has 1 saturated heterocycles. The number of benzene rings is 2. The number of carbonyl (C=O) groups is 2. The maximum Gasteiger partial charge on any atom is 0.233 e. The van der Waals surface area contributed by atoms with E-state index in [1.165, 1.54) is 11.8 Å². The zero-order valence-corrected chi connectivity index (χ0v) is 19.3. The normalized spacial score (nSPS) is 14.4. The molecule has 0 radical (unpaired) electrons. The number of carbonyl (C=O) groups excluding carboxylic acids is 2. The second kappa shape index (κ2) is 10.2. The Morgan fingerprint density at radius 2 is 1.77 bits per heavy atom. The first kappa shape index (κ1) is 21.6. The molecule has 3 aromatic rings. The highest BCUT2D eigenvalue weighted by Gasteiger charge is 2.27. The molecule has 31 heavy (non-hydrogen) atoms. The van der Waals surface area contributed by atoms with E-state index in [0.29, 0.717) is 31.7 Å². The zero-order valence-electron chi connectivity index (χ0n) is 16.9. The van der Waals surface area contributed by atoms with E-state index in [1.54, 1.807) is 6.20 Å². The smallest absolute Gasteiger partial charge is 0.233 e. The second-order valence-electron chi connectivity index (χ2n) is 7.36. The van der Waals surface area contributed by atoms with Crippen LogP contribution in [0, 0.1) is 5.92 Å². The monoisotopic (exact) mass is 498 g/mol. The van der Waals surface area contributed by atoms with Crippen LogP contribution in [0.2, 0.25) is 0 Å². The molecule has 0 unspecified atom stereocenters. The summed E-state index contributed by atoms with van der Waals surface area (Å²) >= 11 is 4.88. The van der Waals surface area contributed by atoms with Gasteiger partial charge in [0.2, 0.25) is 11.8 Å². The van der Waals surface area contributed by atoms with Crippen LogP contribution in [0.25, 0.3) is 5.69 Å². The molecule has 6 nitrogen and oxygen atoms in total. The molecule has 8 heteroatoms. The van der Waals surface area contributed by atoms with Crippen molar-refractivity contribution in [1.29, 1.82) is 0 Å². The Hall–Kier alpha value is -2.58. The van der Waals surface area contributed by atoms with Gasteiger partial charge in [-0.15, -0.1) is 0 Å². The molecule has 160 valence electrons. The lowest BCUT2D eigenvalue weighted by Gasteiger charge is -2.31. The number of hydrogen-bond acceptors (Lipinski definition) is 4. The van der Waals surface area contributed by atoms with Crippen molar-refractivity contribution in [1.82, 2.24) is 14.5 Å². The molecule has 1 aliphatic rings. The fourth-order valence-electron chi connectivity index (χ4n) is 3.57. The minimum absolute atomic E-state index is 0.0317. The first-order valence-corrected chi connectivity index (χ1v) is 11.9. The molecule has 4 rings (SSSR count). The molecule has 1 aromatic heterocycles. The number of para-hydroxylation sites is 1. The van der Waals surface area contributed by atoms with Gasteiger partial charge in [-0.2, -0.15) is 0 Å². The lowest BCUT2D eigenvalue weighted by Crippen LogP contribution is -2.42. The van der Waals surface area contributed by atoms with Gasteiger partial charge in [0.25, 0.3) is 0 Å². The van der Waals surface area contributed by atoms with Crippen LogP contribution in [0.4, 0.5) is 5.69 Å².